The summed E-state index contributed by atoms with van der Waals surface area (Å²) in [5.41, 5.74) is 0. The van der Waals surface area contributed by atoms with Crippen LogP contribution in [0.2, 0.25) is 0 Å². The Morgan fingerprint density at radius 2 is 0.439 bits per heavy atom. The first-order chi connectivity index (χ1) is 40.5. The van der Waals surface area contributed by atoms with Gasteiger partial charge in [0.2, 0.25) is 0 Å². The smallest absolute Gasteiger partial charge is 0.306 e. The summed E-state index contributed by atoms with van der Waals surface area (Å²) in [5.74, 6) is -0.838. The molecule has 0 fully saturated rings. The van der Waals surface area contributed by atoms with E-state index in [0.717, 1.165) is 64.2 Å². The van der Waals surface area contributed by atoms with Crippen LogP contribution in [0.25, 0.3) is 0 Å². The molecular formula is C76H144O6. The van der Waals surface area contributed by atoms with E-state index in [2.05, 4.69) is 45.1 Å². The van der Waals surface area contributed by atoms with Crippen LogP contribution >= 0.6 is 0 Å². The molecule has 0 aromatic heterocycles. The van der Waals surface area contributed by atoms with Crippen molar-refractivity contribution in [3.05, 3.63) is 24.3 Å². The zero-order valence-corrected chi connectivity index (χ0v) is 55.8. The SMILES string of the molecule is CCCCCCC/C=C\C/C=C\CCCCCCCCCCCC(=O)OC(COC(=O)CCCCCCCCCCCCCC)COC(=O)CCCCCCCCCCCCCCCCCCCCCCCCCCCCCCCCC. The molecule has 0 aliphatic carbocycles. The van der Waals surface area contributed by atoms with Gasteiger partial charge >= 0.3 is 17.9 Å². The van der Waals surface area contributed by atoms with Crippen LogP contribution in [0, 0.1) is 0 Å². The first-order valence-corrected chi connectivity index (χ1v) is 37.3. The Morgan fingerprint density at radius 3 is 0.671 bits per heavy atom. The average Bonchev–Trinajstić information content (AvgIpc) is 3.47. The van der Waals surface area contributed by atoms with Crippen LogP contribution in [0.1, 0.15) is 425 Å². The van der Waals surface area contributed by atoms with E-state index in [9.17, 15) is 14.4 Å². The molecule has 1 unspecified atom stereocenters. The molecule has 1 atom stereocenters. The number of unbranched alkanes of at least 4 members (excludes halogenated alkanes) is 55. The Balaban J connectivity index is 4.12. The van der Waals surface area contributed by atoms with Gasteiger partial charge in [0.05, 0.1) is 0 Å². The van der Waals surface area contributed by atoms with Crippen molar-refractivity contribution in [2.75, 3.05) is 13.2 Å². The number of ether oxygens (including phenoxy) is 3. The van der Waals surface area contributed by atoms with Gasteiger partial charge in [-0.3, -0.25) is 14.4 Å². The zero-order valence-electron chi connectivity index (χ0n) is 55.8. The third-order valence-electron chi connectivity index (χ3n) is 17.2. The molecule has 0 saturated heterocycles. The van der Waals surface area contributed by atoms with Crippen molar-refractivity contribution in [1.29, 1.82) is 0 Å². The van der Waals surface area contributed by atoms with Crippen molar-refractivity contribution in [1.82, 2.24) is 0 Å². The fourth-order valence-electron chi connectivity index (χ4n) is 11.6. The summed E-state index contributed by atoms with van der Waals surface area (Å²) in [7, 11) is 0. The molecule has 0 bridgehead atoms. The third kappa shape index (κ3) is 68.7. The quantitative estimate of drug-likeness (QED) is 0.0261. The van der Waals surface area contributed by atoms with E-state index in [-0.39, 0.29) is 31.1 Å². The number of hydrogen-bond acceptors (Lipinski definition) is 6. The van der Waals surface area contributed by atoms with Gasteiger partial charge in [-0.05, 0) is 51.4 Å². The maximum atomic E-state index is 12.9. The second kappa shape index (κ2) is 71.4. The Bertz CT molecular complexity index is 1320. The molecule has 0 heterocycles. The van der Waals surface area contributed by atoms with Crippen molar-refractivity contribution in [3.63, 3.8) is 0 Å². The van der Waals surface area contributed by atoms with Crippen LogP contribution in [0.4, 0.5) is 0 Å². The van der Waals surface area contributed by atoms with Crippen LogP contribution in [-0.2, 0) is 28.6 Å². The predicted octanol–water partition coefficient (Wildman–Crippen LogP) is 25.7. The van der Waals surface area contributed by atoms with Gasteiger partial charge in [0.1, 0.15) is 13.2 Å². The highest BCUT2D eigenvalue weighted by molar-refractivity contribution is 5.71. The molecular weight excluding hydrogens is 1010 g/mol. The lowest BCUT2D eigenvalue weighted by Crippen LogP contribution is -2.30. The normalized spacial score (nSPS) is 12.1. The standard InChI is InChI=1S/C76H144O6/c1-4-7-10-13-16-19-22-25-27-29-31-33-34-35-36-37-38-39-40-41-42-44-45-47-49-51-54-57-60-63-66-69-75(78)81-72-73(71-80-74(77)68-65-62-59-56-53-24-21-18-15-12-9-6-3)82-76(79)70-67-64-61-58-55-52-50-48-46-43-32-30-28-26-23-20-17-14-11-8-5-2/h23,26,30,32,73H,4-22,24-25,27-29,31,33-72H2,1-3H3/b26-23-,32-30-. The summed E-state index contributed by atoms with van der Waals surface area (Å²) in [6.45, 7) is 6.71. The Kier molecular flexibility index (Phi) is 69.5. The van der Waals surface area contributed by atoms with Crippen molar-refractivity contribution in [2.24, 2.45) is 0 Å². The molecule has 0 aromatic carbocycles. The maximum absolute atomic E-state index is 12.9. The highest BCUT2D eigenvalue weighted by Crippen LogP contribution is 2.19. The number of esters is 3. The number of carbonyl (C=O) groups excluding carboxylic acids is 3. The van der Waals surface area contributed by atoms with Gasteiger partial charge in [0.25, 0.3) is 0 Å². The number of rotatable bonds is 70. The minimum absolute atomic E-state index is 0.0665. The summed E-state index contributed by atoms with van der Waals surface area (Å²) >= 11 is 0. The van der Waals surface area contributed by atoms with E-state index < -0.39 is 6.10 Å². The molecule has 0 saturated carbocycles. The molecule has 0 aliphatic rings. The average molecular weight is 1150 g/mol. The highest BCUT2D eigenvalue weighted by atomic mass is 16.6. The summed E-state index contributed by atoms with van der Waals surface area (Å²) in [5, 5.41) is 0. The van der Waals surface area contributed by atoms with E-state index in [1.54, 1.807) is 0 Å². The molecule has 0 radical (unpaired) electrons. The first-order valence-electron chi connectivity index (χ1n) is 37.3. The van der Waals surface area contributed by atoms with E-state index in [1.165, 1.54) is 321 Å². The van der Waals surface area contributed by atoms with E-state index in [1.807, 2.05) is 0 Å². The minimum atomic E-state index is -0.770. The molecule has 0 aliphatic heterocycles. The van der Waals surface area contributed by atoms with Crippen LogP contribution in [-0.4, -0.2) is 37.2 Å². The molecule has 0 N–H and O–H groups in total. The zero-order chi connectivity index (χ0) is 59.2. The van der Waals surface area contributed by atoms with Gasteiger partial charge in [0, 0.05) is 19.3 Å². The van der Waals surface area contributed by atoms with E-state index >= 15 is 0 Å². The van der Waals surface area contributed by atoms with Gasteiger partial charge in [-0.2, -0.15) is 0 Å². The van der Waals surface area contributed by atoms with Gasteiger partial charge in [0.15, 0.2) is 6.10 Å². The van der Waals surface area contributed by atoms with Crippen LogP contribution in [0.3, 0.4) is 0 Å². The summed E-state index contributed by atoms with van der Waals surface area (Å²) < 4.78 is 17.0. The number of allylic oxidation sites excluding steroid dienone is 4. The van der Waals surface area contributed by atoms with E-state index in [0.29, 0.717) is 19.3 Å². The second-order valence-electron chi connectivity index (χ2n) is 25.6. The lowest BCUT2D eigenvalue weighted by molar-refractivity contribution is -0.167. The molecule has 0 spiro atoms. The number of carbonyl (C=O) groups is 3. The van der Waals surface area contributed by atoms with Gasteiger partial charge < -0.3 is 14.2 Å². The minimum Gasteiger partial charge on any atom is -0.462 e. The molecule has 0 amide bonds. The lowest BCUT2D eigenvalue weighted by Gasteiger charge is -2.18. The fourth-order valence-corrected chi connectivity index (χ4v) is 11.6. The fraction of sp³-hybridized carbons (Fsp3) is 0.908. The molecule has 6 heteroatoms. The number of hydrogen-bond donors (Lipinski definition) is 0. The molecule has 0 rings (SSSR count). The van der Waals surface area contributed by atoms with Gasteiger partial charge in [-0.15, -0.1) is 0 Å². The monoisotopic (exact) mass is 1150 g/mol. The Hall–Kier alpha value is -2.11. The van der Waals surface area contributed by atoms with Crippen LogP contribution in [0.5, 0.6) is 0 Å². The Morgan fingerprint density at radius 1 is 0.244 bits per heavy atom. The molecule has 484 valence electrons. The maximum Gasteiger partial charge on any atom is 0.306 e. The summed E-state index contributed by atoms with van der Waals surface area (Å²) in [6, 6.07) is 0. The van der Waals surface area contributed by atoms with Crippen molar-refractivity contribution in [3.8, 4) is 0 Å². The van der Waals surface area contributed by atoms with Crippen molar-refractivity contribution in [2.45, 2.75) is 431 Å². The predicted molar refractivity (Wildman–Crippen MR) is 358 cm³/mol. The summed E-state index contributed by atoms with van der Waals surface area (Å²) in [4.78, 5) is 38.4. The summed E-state index contributed by atoms with van der Waals surface area (Å²) in [6.07, 6.45) is 88.0. The van der Waals surface area contributed by atoms with Crippen molar-refractivity contribution < 1.29 is 28.6 Å². The molecule has 6 nitrogen and oxygen atoms in total. The largest absolute Gasteiger partial charge is 0.462 e. The third-order valence-corrected chi connectivity index (χ3v) is 17.2. The van der Waals surface area contributed by atoms with Gasteiger partial charge in [-0.25, -0.2) is 0 Å². The highest BCUT2D eigenvalue weighted by Gasteiger charge is 2.20. The van der Waals surface area contributed by atoms with Crippen LogP contribution in [0.15, 0.2) is 24.3 Å². The first kappa shape index (κ1) is 79.9. The molecule has 82 heavy (non-hydrogen) atoms. The van der Waals surface area contributed by atoms with E-state index in [4.69, 9.17) is 14.2 Å². The molecule has 0 aromatic rings. The Labute approximate surface area is 513 Å². The van der Waals surface area contributed by atoms with Crippen molar-refractivity contribution >= 4 is 17.9 Å². The van der Waals surface area contributed by atoms with Crippen LogP contribution < -0.4 is 0 Å². The topological polar surface area (TPSA) is 78.9 Å². The van der Waals surface area contributed by atoms with Gasteiger partial charge in [-0.1, -0.05) is 379 Å². The second-order valence-corrected chi connectivity index (χ2v) is 25.6. The lowest BCUT2D eigenvalue weighted by atomic mass is 10.0.